The van der Waals surface area contributed by atoms with Gasteiger partial charge in [0, 0.05) is 17.6 Å². The number of rotatable bonds is 5. The maximum absolute atomic E-state index is 13.2. The Bertz CT molecular complexity index is 583. The van der Waals surface area contributed by atoms with Gasteiger partial charge in [-0.1, -0.05) is 42.8 Å². The predicted molar refractivity (Wildman–Crippen MR) is 82.5 cm³/mol. The van der Waals surface area contributed by atoms with E-state index in [0.717, 1.165) is 17.0 Å². The Morgan fingerprint density at radius 3 is 2.65 bits per heavy atom. The van der Waals surface area contributed by atoms with Gasteiger partial charge in [-0.05, 0) is 48.2 Å². The van der Waals surface area contributed by atoms with Crippen LogP contribution in [0.5, 0.6) is 0 Å². The molecular formula is C17H19ClFN. The topological polar surface area (TPSA) is 12.0 Å². The molecule has 1 nitrogen and oxygen atoms in total. The molecule has 1 atom stereocenters. The van der Waals surface area contributed by atoms with Crippen molar-refractivity contribution < 1.29 is 4.39 Å². The average molecular weight is 292 g/mol. The van der Waals surface area contributed by atoms with Crippen LogP contribution in [0.4, 0.5) is 4.39 Å². The highest BCUT2D eigenvalue weighted by Gasteiger charge is 2.09. The van der Waals surface area contributed by atoms with Crippen molar-refractivity contribution in [1.29, 1.82) is 0 Å². The van der Waals surface area contributed by atoms with E-state index in [0.29, 0.717) is 12.1 Å². The Morgan fingerprint density at radius 2 is 2.00 bits per heavy atom. The summed E-state index contributed by atoms with van der Waals surface area (Å²) in [4.78, 5) is 0. The van der Waals surface area contributed by atoms with Crippen LogP contribution in [0, 0.1) is 12.7 Å². The first kappa shape index (κ1) is 15.0. The molecule has 0 heterocycles. The minimum absolute atomic E-state index is 0.157. The summed E-state index contributed by atoms with van der Waals surface area (Å²) in [5.41, 5.74) is 2.95. The van der Waals surface area contributed by atoms with Gasteiger partial charge in [0.2, 0.25) is 0 Å². The highest BCUT2D eigenvalue weighted by atomic mass is 35.5. The lowest BCUT2D eigenvalue weighted by Crippen LogP contribution is -2.20. The summed E-state index contributed by atoms with van der Waals surface area (Å²) in [6.07, 6.45) is 0.973. The summed E-state index contributed by atoms with van der Waals surface area (Å²) >= 11 is 6.03. The second kappa shape index (κ2) is 6.87. The summed E-state index contributed by atoms with van der Waals surface area (Å²) in [6.45, 7) is 4.63. The number of halogens is 2. The quantitative estimate of drug-likeness (QED) is 0.815. The molecule has 0 aromatic heterocycles. The van der Waals surface area contributed by atoms with Crippen molar-refractivity contribution in [2.45, 2.75) is 32.9 Å². The maximum Gasteiger partial charge on any atom is 0.126 e. The Balaban J connectivity index is 2.05. The van der Waals surface area contributed by atoms with Gasteiger partial charge in [-0.25, -0.2) is 4.39 Å². The molecule has 0 amide bonds. The first-order valence-electron chi connectivity index (χ1n) is 6.84. The number of benzene rings is 2. The summed E-state index contributed by atoms with van der Waals surface area (Å²) in [7, 11) is 0. The Labute approximate surface area is 124 Å². The van der Waals surface area contributed by atoms with Gasteiger partial charge in [0.25, 0.3) is 0 Å². The fourth-order valence-electron chi connectivity index (χ4n) is 2.28. The van der Waals surface area contributed by atoms with Crippen LogP contribution in [0.25, 0.3) is 0 Å². The second-order valence-corrected chi connectivity index (χ2v) is 5.42. The fraction of sp³-hybridized carbons (Fsp3) is 0.294. The summed E-state index contributed by atoms with van der Waals surface area (Å²) in [6, 6.07) is 13.4. The molecule has 0 bridgehead atoms. The molecule has 0 saturated heterocycles. The van der Waals surface area contributed by atoms with Crippen LogP contribution in [0.2, 0.25) is 5.02 Å². The van der Waals surface area contributed by atoms with Gasteiger partial charge in [0.05, 0.1) is 0 Å². The number of aryl methyl sites for hydroxylation is 1. The standard InChI is InChI=1S/C17H19ClFN/c1-3-17(14-5-4-6-15(18)10-14)20-11-13-7-8-16(19)12(2)9-13/h4-10,17,20H,3,11H2,1-2H3. The van der Waals surface area contributed by atoms with Crippen LogP contribution in [-0.4, -0.2) is 0 Å². The van der Waals surface area contributed by atoms with E-state index in [-0.39, 0.29) is 11.9 Å². The highest BCUT2D eigenvalue weighted by molar-refractivity contribution is 6.30. The third kappa shape index (κ3) is 3.81. The van der Waals surface area contributed by atoms with E-state index in [1.165, 1.54) is 11.6 Å². The normalized spacial score (nSPS) is 12.4. The molecule has 1 unspecified atom stereocenters. The average Bonchev–Trinajstić information content (AvgIpc) is 2.43. The van der Waals surface area contributed by atoms with E-state index < -0.39 is 0 Å². The van der Waals surface area contributed by atoms with Crippen LogP contribution >= 0.6 is 11.6 Å². The third-order valence-corrected chi connectivity index (χ3v) is 3.67. The van der Waals surface area contributed by atoms with Crippen molar-refractivity contribution in [2.75, 3.05) is 0 Å². The van der Waals surface area contributed by atoms with Gasteiger partial charge in [0.15, 0.2) is 0 Å². The molecule has 0 fully saturated rings. The molecule has 1 N–H and O–H groups in total. The van der Waals surface area contributed by atoms with Gasteiger partial charge < -0.3 is 5.32 Å². The van der Waals surface area contributed by atoms with Crippen LogP contribution in [0.3, 0.4) is 0 Å². The van der Waals surface area contributed by atoms with E-state index in [1.54, 1.807) is 6.92 Å². The molecule has 0 aliphatic heterocycles. The van der Waals surface area contributed by atoms with Crippen LogP contribution < -0.4 is 5.32 Å². The lowest BCUT2D eigenvalue weighted by molar-refractivity contribution is 0.518. The van der Waals surface area contributed by atoms with Gasteiger partial charge in [0.1, 0.15) is 5.82 Å². The largest absolute Gasteiger partial charge is 0.306 e. The Kier molecular flexibility index (Phi) is 5.16. The molecule has 20 heavy (non-hydrogen) atoms. The highest BCUT2D eigenvalue weighted by Crippen LogP contribution is 2.21. The van der Waals surface area contributed by atoms with Gasteiger partial charge in [-0.15, -0.1) is 0 Å². The zero-order valence-corrected chi connectivity index (χ0v) is 12.5. The van der Waals surface area contributed by atoms with Crippen molar-refractivity contribution in [3.63, 3.8) is 0 Å². The second-order valence-electron chi connectivity index (χ2n) is 4.98. The van der Waals surface area contributed by atoms with Crippen molar-refractivity contribution in [2.24, 2.45) is 0 Å². The lowest BCUT2D eigenvalue weighted by atomic mass is 10.0. The molecule has 2 rings (SSSR count). The van der Waals surface area contributed by atoms with Crippen LogP contribution in [0.1, 0.15) is 36.1 Å². The molecule has 2 aromatic carbocycles. The zero-order valence-electron chi connectivity index (χ0n) is 11.8. The van der Waals surface area contributed by atoms with E-state index >= 15 is 0 Å². The van der Waals surface area contributed by atoms with Crippen LogP contribution in [0.15, 0.2) is 42.5 Å². The van der Waals surface area contributed by atoms with Crippen molar-refractivity contribution in [3.8, 4) is 0 Å². The lowest BCUT2D eigenvalue weighted by Gasteiger charge is -2.18. The van der Waals surface area contributed by atoms with Gasteiger partial charge >= 0.3 is 0 Å². The molecule has 0 aliphatic carbocycles. The summed E-state index contributed by atoms with van der Waals surface area (Å²) in [5, 5.41) is 4.25. The zero-order chi connectivity index (χ0) is 14.5. The number of hydrogen-bond donors (Lipinski definition) is 1. The Morgan fingerprint density at radius 1 is 1.20 bits per heavy atom. The molecular weight excluding hydrogens is 273 g/mol. The predicted octanol–water partition coefficient (Wildman–Crippen LogP) is 5.03. The smallest absolute Gasteiger partial charge is 0.126 e. The molecule has 0 saturated carbocycles. The molecule has 106 valence electrons. The van der Waals surface area contributed by atoms with E-state index in [2.05, 4.69) is 18.3 Å². The number of nitrogens with one attached hydrogen (secondary N) is 1. The third-order valence-electron chi connectivity index (χ3n) is 3.43. The molecule has 2 aromatic rings. The van der Waals surface area contributed by atoms with Gasteiger partial charge in [-0.2, -0.15) is 0 Å². The minimum Gasteiger partial charge on any atom is -0.306 e. The minimum atomic E-state index is -0.157. The molecule has 0 radical (unpaired) electrons. The van der Waals surface area contributed by atoms with Crippen LogP contribution in [-0.2, 0) is 6.54 Å². The van der Waals surface area contributed by atoms with Crippen molar-refractivity contribution in [3.05, 3.63) is 70.0 Å². The molecule has 0 aliphatic rings. The Hall–Kier alpha value is -1.38. The van der Waals surface area contributed by atoms with E-state index in [1.807, 2.05) is 30.3 Å². The van der Waals surface area contributed by atoms with E-state index in [4.69, 9.17) is 11.6 Å². The van der Waals surface area contributed by atoms with E-state index in [9.17, 15) is 4.39 Å². The SMILES string of the molecule is CCC(NCc1ccc(F)c(C)c1)c1cccc(Cl)c1. The summed E-state index contributed by atoms with van der Waals surface area (Å²) in [5.74, 6) is -0.157. The fourth-order valence-corrected chi connectivity index (χ4v) is 2.48. The summed E-state index contributed by atoms with van der Waals surface area (Å²) < 4.78 is 13.2. The molecule has 0 spiro atoms. The first-order valence-corrected chi connectivity index (χ1v) is 7.22. The number of hydrogen-bond acceptors (Lipinski definition) is 1. The molecule has 3 heteroatoms. The van der Waals surface area contributed by atoms with Crippen molar-refractivity contribution in [1.82, 2.24) is 5.32 Å². The maximum atomic E-state index is 13.2. The monoisotopic (exact) mass is 291 g/mol. The van der Waals surface area contributed by atoms with Crippen molar-refractivity contribution >= 4 is 11.6 Å². The van der Waals surface area contributed by atoms with Gasteiger partial charge in [-0.3, -0.25) is 0 Å². The first-order chi connectivity index (χ1) is 9.60.